The van der Waals surface area contributed by atoms with Crippen molar-refractivity contribution in [1.82, 2.24) is 0 Å². The summed E-state index contributed by atoms with van der Waals surface area (Å²) in [5.41, 5.74) is 0.870. The first kappa shape index (κ1) is 20.7. The van der Waals surface area contributed by atoms with Crippen molar-refractivity contribution in [3.05, 3.63) is 12.2 Å². The van der Waals surface area contributed by atoms with Crippen molar-refractivity contribution in [2.75, 3.05) is 0 Å². The van der Waals surface area contributed by atoms with Crippen molar-refractivity contribution in [3.63, 3.8) is 0 Å². The van der Waals surface area contributed by atoms with Crippen LogP contribution in [0.15, 0.2) is 12.2 Å². The third-order valence-electron chi connectivity index (χ3n) is 10.2. The Bertz CT molecular complexity index is 618. The molecule has 1 nitrogen and oxygen atoms in total. The Morgan fingerprint density at radius 1 is 1.00 bits per heavy atom. The number of hydrogen-bond donors (Lipinski definition) is 0. The molecule has 0 amide bonds. The molecule has 8 atom stereocenters. The van der Waals surface area contributed by atoms with Gasteiger partial charge in [0.2, 0.25) is 0 Å². The molecule has 1 heteroatoms. The average molecular weight is 385 g/mol. The number of carbonyl (C=O) groups is 1. The largest absolute Gasteiger partial charge is 0.295 e. The van der Waals surface area contributed by atoms with E-state index in [1.807, 2.05) is 6.08 Å². The number of carbonyl (C=O) groups excluding carboxylic acids is 1. The molecule has 2 unspecified atom stereocenters. The lowest BCUT2D eigenvalue weighted by Crippen LogP contribution is -2.52. The van der Waals surface area contributed by atoms with Gasteiger partial charge in [-0.25, -0.2) is 0 Å². The van der Waals surface area contributed by atoms with E-state index >= 15 is 0 Å². The molecular weight excluding hydrogens is 340 g/mol. The van der Waals surface area contributed by atoms with E-state index in [1.165, 1.54) is 57.8 Å². The lowest BCUT2D eigenvalue weighted by molar-refractivity contribution is -0.122. The molecule has 0 aliphatic heterocycles. The van der Waals surface area contributed by atoms with Crippen LogP contribution in [0.25, 0.3) is 0 Å². The SMILES string of the molecule is CC(C)CCC[C@@H](C)C1CC[C@H]2[C@@H]3CCC4CC(=O)C=C[C@]4(C)[C@H]3CC[C@]12C. The Balaban J connectivity index is 1.49. The fraction of sp³-hybridized carbons (Fsp3) is 0.889. The molecule has 0 aromatic rings. The Morgan fingerprint density at radius 3 is 2.54 bits per heavy atom. The summed E-state index contributed by atoms with van der Waals surface area (Å²) in [4.78, 5) is 12.0. The quantitative estimate of drug-likeness (QED) is 0.481. The highest BCUT2D eigenvalue weighted by Gasteiger charge is 2.59. The average Bonchev–Trinajstić information content (AvgIpc) is 2.99. The van der Waals surface area contributed by atoms with Gasteiger partial charge in [0.25, 0.3) is 0 Å². The molecule has 0 radical (unpaired) electrons. The molecule has 28 heavy (non-hydrogen) atoms. The molecule has 158 valence electrons. The van der Waals surface area contributed by atoms with E-state index in [-0.39, 0.29) is 0 Å². The third-order valence-corrected chi connectivity index (χ3v) is 10.2. The monoisotopic (exact) mass is 384 g/mol. The van der Waals surface area contributed by atoms with Gasteiger partial charge in [-0.15, -0.1) is 0 Å². The van der Waals surface area contributed by atoms with E-state index in [1.54, 1.807) is 0 Å². The van der Waals surface area contributed by atoms with Crippen molar-refractivity contribution in [1.29, 1.82) is 0 Å². The van der Waals surface area contributed by atoms with Crippen LogP contribution in [0.3, 0.4) is 0 Å². The van der Waals surface area contributed by atoms with Crippen LogP contribution in [-0.4, -0.2) is 5.78 Å². The second-order valence-corrected chi connectivity index (χ2v) is 12.1. The summed E-state index contributed by atoms with van der Waals surface area (Å²) in [6.45, 7) is 12.5. The van der Waals surface area contributed by atoms with E-state index in [0.29, 0.717) is 22.5 Å². The van der Waals surface area contributed by atoms with Crippen molar-refractivity contribution >= 4 is 5.78 Å². The fourth-order valence-corrected chi connectivity index (χ4v) is 8.66. The van der Waals surface area contributed by atoms with Gasteiger partial charge in [0.15, 0.2) is 5.78 Å². The molecule has 4 aliphatic carbocycles. The maximum Gasteiger partial charge on any atom is 0.155 e. The molecule has 0 aromatic heterocycles. The van der Waals surface area contributed by atoms with Gasteiger partial charge in [-0.2, -0.15) is 0 Å². The van der Waals surface area contributed by atoms with Gasteiger partial charge in [-0.1, -0.05) is 60.0 Å². The van der Waals surface area contributed by atoms with Crippen molar-refractivity contribution in [3.8, 4) is 0 Å². The van der Waals surface area contributed by atoms with Gasteiger partial charge >= 0.3 is 0 Å². The van der Waals surface area contributed by atoms with Crippen LogP contribution in [-0.2, 0) is 4.79 Å². The van der Waals surface area contributed by atoms with Crippen molar-refractivity contribution in [2.45, 2.75) is 98.8 Å². The van der Waals surface area contributed by atoms with E-state index < -0.39 is 0 Å². The topological polar surface area (TPSA) is 17.1 Å². The lowest BCUT2D eigenvalue weighted by Gasteiger charge is -2.59. The molecule has 4 aliphatic rings. The Morgan fingerprint density at radius 2 is 1.79 bits per heavy atom. The highest BCUT2D eigenvalue weighted by Crippen LogP contribution is 2.67. The molecule has 0 bridgehead atoms. The highest BCUT2D eigenvalue weighted by atomic mass is 16.1. The summed E-state index contributed by atoms with van der Waals surface area (Å²) >= 11 is 0. The van der Waals surface area contributed by atoms with E-state index in [0.717, 1.165) is 41.9 Å². The summed E-state index contributed by atoms with van der Waals surface area (Å²) in [5.74, 6) is 6.34. The van der Waals surface area contributed by atoms with E-state index in [4.69, 9.17) is 0 Å². The molecule has 0 N–H and O–H groups in total. The second-order valence-electron chi connectivity index (χ2n) is 12.1. The molecule has 0 spiro atoms. The standard InChI is InChI=1S/C27H44O/c1-18(2)7-6-8-19(3)23-11-12-24-22-10-9-20-17-21(28)13-15-26(20,4)25(22)14-16-27(23,24)5/h13,15,18-20,22-25H,6-12,14,16-17H2,1-5H3/t19-,20?,22+,23?,24+,25+,26+,27-/m1/s1. The summed E-state index contributed by atoms with van der Waals surface area (Å²) in [5, 5.41) is 0. The molecular formula is C27H44O. The summed E-state index contributed by atoms with van der Waals surface area (Å²) < 4.78 is 0. The maximum atomic E-state index is 12.0. The second kappa shape index (κ2) is 7.59. The number of allylic oxidation sites excluding steroid dienone is 2. The molecule has 0 saturated heterocycles. The molecule has 3 fully saturated rings. The minimum Gasteiger partial charge on any atom is -0.295 e. The van der Waals surface area contributed by atoms with E-state index in [9.17, 15) is 4.79 Å². The number of ketones is 1. The zero-order valence-electron chi connectivity index (χ0n) is 19.2. The van der Waals surface area contributed by atoms with Gasteiger partial charge in [-0.05, 0) is 96.9 Å². The van der Waals surface area contributed by atoms with Gasteiger partial charge in [-0.3, -0.25) is 4.79 Å². The van der Waals surface area contributed by atoms with Gasteiger partial charge < -0.3 is 0 Å². The van der Waals surface area contributed by atoms with Gasteiger partial charge in [0.05, 0.1) is 0 Å². The first-order valence-electron chi connectivity index (χ1n) is 12.5. The molecule has 0 aromatic carbocycles. The number of fused-ring (bicyclic) bond motifs is 5. The van der Waals surface area contributed by atoms with Crippen molar-refractivity contribution in [2.24, 2.45) is 52.3 Å². The van der Waals surface area contributed by atoms with Crippen LogP contribution in [0.5, 0.6) is 0 Å². The molecule has 0 heterocycles. The van der Waals surface area contributed by atoms with Crippen LogP contribution in [0.4, 0.5) is 0 Å². The fourth-order valence-electron chi connectivity index (χ4n) is 8.66. The van der Waals surface area contributed by atoms with Gasteiger partial charge in [0, 0.05) is 6.42 Å². The van der Waals surface area contributed by atoms with E-state index in [2.05, 4.69) is 40.7 Å². The normalized spacial score (nSPS) is 46.2. The zero-order valence-corrected chi connectivity index (χ0v) is 19.2. The molecule has 4 rings (SSSR count). The van der Waals surface area contributed by atoms with Crippen LogP contribution < -0.4 is 0 Å². The number of hydrogen-bond acceptors (Lipinski definition) is 1. The van der Waals surface area contributed by atoms with Crippen LogP contribution in [0.1, 0.15) is 98.8 Å². The predicted octanol–water partition coefficient (Wildman–Crippen LogP) is 7.45. The Labute approximate surface area is 174 Å². The summed E-state index contributed by atoms with van der Waals surface area (Å²) in [6, 6.07) is 0. The minimum atomic E-state index is 0.291. The van der Waals surface area contributed by atoms with Gasteiger partial charge in [0.1, 0.15) is 0 Å². The maximum absolute atomic E-state index is 12.0. The van der Waals surface area contributed by atoms with Crippen molar-refractivity contribution < 1.29 is 4.79 Å². The summed E-state index contributed by atoms with van der Waals surface area (Å²) in [7, 11) is 0. The first-order valence-corrected chi connectivity index (χ1v) is 12.5. The van der Waals surface area contributed by atoms with Crippen LogP contribution >= 0.6 is 0 Å². The lowest BCUT2D eigenvalue weighted by atomic mass is 9.45. The van der Waals surface area contributed by atoms with Crippen LogP contribution in [0.2, 0.25) is 0 Å². The Hall–Kier alpha value is -0.590. The van der Waals surface area contributed by atoms with Crippen LogP contribution in [0, 0.1) is 52.3 Å². The zero-order chi connectivity index (χ0) is 20.1. The number of rotatable bonds is 5. The summed E-state index contributed by atoms with van der Waals surface area (Å²) in [6.07, 6.45) is 17.8. The smallest absolute Gasteiger partial charge is 0.155 e. The predicted molar refractivity (Wildman–Crippen MR) is 118 cm³/mol. The Kier molecular flexibility index (Phi) is 5.60. The minimum absolute atomic E-state index is 0.291. The highest BCUT2D eigenvalue weighted by molar-refractivity contribution is 5.91. The first-order chi connectivity index (χ1) is 13.3. The molecule has 3 saturated carbocycles. The third kappa shape index (κ3) is 3.33.